The van der Waals surface area contributed by atoms with Gasteiger partial charge in [-0.05, 0) is 36.4 Å². The lowest BCUT2D eigenvalue weighted by Gasteiger charge is -2.09. The molecule has 3 aromatic heterocycles. The van der Waals surface area contributed by atoms with E-state index in [4.69, 9.17) is 9.40 Å². The molecule has 0 spiro atoms. The van der Waals surface area contributed by atoms with E-state index in [1.807, 2.05) is 24.3 Å². The van der Waals surface area contributed by atoms with Crippen molar-refractivity contribution in [2.45, 2.75) is 0 Å². The van der Waals surface area contributed by atoms with Crippen molar-refractivity contribution in [1.29, 1.82) is 0 Å². The lowest BCUT2D eigenvalue weighted by molar-refractivity contribution is 0.619. The molecule has 28 heavy (non-hydrogen) atoms. The molecule has 0 bridgehead atoms. The van der Waals surface area contributed by atoms with Crippen LogP contribution in [0, 0.1) is 0 Å². The van der Waals surface area contributed by atoms with Crippen molar-refractivity contribution in [1.82, 2.24) is 9.55 Å². The Morgan fingerprint density at radius 3 is 2.46 bits per heavy atom. The van der Waals surface area contributed by atoms with E-state index in [1.165, 1.54) is 5.39 Å². The number of aromatic nitrogens is 2. The minimum Gasteiger partial charge on any atom is -0.464 e. The van der Waals surface area contributed by atoms with Gasteiger partial charge in [0.05, 0.1) is 28.4 Å². The maximum absolute atomic E-state index is 5.85. The zero-order chi connectivity index (χ0) is 18.5. The number of rotatable bonds is 2. The van der Waals surface area contributed by atoms with Gasteiger partial charge in [-0.15, -0.1) is 0 Å². The normalized spacial score (nSPS) is 11.6. The smallest absolute Gasteiger partial charge is 0.143 e. The molecule has 0 saturated heterocycles. The van der Waals surface area contributed by atoms with Crippen LogP contribution in [0.4, 0.5) is 0 Å². The Morgan fingerprint density at radius 2 is 1.54 bits per heavy atom. The first-order chi connectivity index (χ1) is 13.9. The molecule has 0 amide bonds. The highest BCUT2D eigenvalue weighted by molar-refractivity contribution is 6.19. The highest BCUT2D eigenvalue weighted by atomic mass is 16.3. The van der Waals surface area contributed by atoms with Crippen molar-refractivity contribution in [2.24, 2.45) is 0 Å². The Balaban J connectivity index is 1.71. The van der Waals surface area contributed by atoms with E-state index in [0.717, 1.165) is 44.5 Å². The summed E-state index contributed by atoms with van der Waals surface area (Å²) in [6, 6.07) is 31.2. The quantitative estimate of drug-likeness (QED) is 0.349. The Bertz CT molecular complexity index is 1460. The number of hydrogen-bond donors (Lipinski definition) is 0. The topological polar surface area (TPSA) is 31.0 Å². The van der Waals surface area contributed by atoms with Crippen LogP contribution >= 0.6 is 0 Å². The second kappa shape index (κ2) is 5.83. The van der Waals surface area contributed by atoms with Crippen molar-refractivity contribution < 1.29 is 4.42 Å². The van der Waals surface area contributed by atoms with Crippen LogP contribution in [0.25, 0.3) is 49.9 Å². The predicted octanol–water partition coefficient (Wildman–Crippen LogP) is 6.59. The summed E-state index contributed by atoms with van der Waals surface area (Å²) in [5.41, 5.74) is 5.22. The van der Waals surface area contributed by atoms with Gasteiger partial charge < -0.3 is 4.42 Å². The first-order valence-corrected chi connectivity index (χ1v) is 9.32. The molecule has 3 heteroatoms. The molecule has 0 saturated carbocycles. The molecule has 0 radical (unpaired) electrons. The van der Waals surface area contributed by atoms with Gasteiger partial charge in [-0.2, -0.15) is 0 Å². The fourth-order valence-electron chi connectivity index (χ4n) is 4.04. The Labute approximate surface area is 161 Å². The largest absolute Gasteiger partial charge is 0.464 e. The van der Waals surface area contributed by atoms with Crippen molar-refractivity contribution >= 4 is 32.8 Å². The number of para-hydroxylation sites is 1. The zero-order valence-corrected chi connectivity index (χ0v) is 15.0. The van der Waals surface area contributed by atoms with Crippen LogP contribution in [0.2, 0.25) is 0 Å². The first kappa shape index (κ1) is 15.2. The highest BCUT2D eigenvalue weighted by Gasteiger charge is 2.16. The molecular weight excluding hydrogens is 344 g/mol. The van der Waals surface area contributed by atoms with E-state index in [2.05, 4.69) is 71.3 Å². The molecule has 3 nitrogen and oxygen atoms in total. The van der Waals surface area contributed by atoms with E-state index in [1.54, 1.807) is 6.26 Å². The Morgan fingerprint density at radius 1 is 0.679 bits per heavy atom. The van der Waals surface area contributed by atoms with Gasteiger partial charge in [0.1, 0.15) is 11.4 Å². The third-order valence-corrected chi connectivity index (χ3v) is 5.29. The number of hydrogen-bond acceptors (Lipinski definition) is 2. The van der Waals surface area contributed by atoms with E-state index in [-0.39, 0.29) is 0 Å². The average molecular weight is 360 g/mol. The van der Waals surface area contributed by atoms with E-state index in [0.29, 0.717) is 0 Å². The van der Waals surface area contributed by atoms with E-state index in [9.17, 15) is 0 Å². The van der Waals surface area contributed by atoms with Crippen LogP contribution in [0.15, 0.2) is 102 Å². The molecule has 0 fully saturated rings. The van der Waals surface area contributed by atoms with Crippen molar-refractivity contribution in [2.75, 3.05) is 0 Å². The predicted molar refractivity (Wildman–Crippen MR) is 114 cm³/mol. The maximum Gasteiger partial charge on any atom is 0.143 e. The van der Waals surface area contributed by atoms with Crippen LogP contribution in [0.1, 0.15) is 0 Å². The zero-order valence-electron chi connectivity index (χ0n) is 15.0. The molecule has 0 aliphatic rings. The molecule has 132 valence electrons. The third-order valence-electron chi connectivity index (χ3n) is 5.29. The minimum atomic E-state index is 0.901. The van der Waals surface area contributed by atoms with Gasteiger partial charge in [0, 0.05) is 16.3 Å². The Kier molecular flexibility index (Phi) is 3.17. The maximum atomic E-state index is 5.85. The number of furan rings is 1. The highest BCUT2D eigenvalue weighted by Crippen LogP contribution is 2.36. The van der Waals surface area contributed by atoms with Gasteiger partial charge in [-0.25, -0.2) is 4.98 Å². The number of benzene rings is 3. The SMILES string of the molecule is c1ccc(-c2cccc(-n3c4ccccc4c4c5occc5ccc43)n2)cc1. The second-order valence-corrected chi connectivity index (χ2v) is 6.90. The fraction of sp³-hybridized carbons (Fsp3) is 0. The van der Waals surface area contributed by atoms with E-state index < -0.39 is 0 Å². The fourth-order valence-corrected chi connectivity index (χ4v) is 4.04. The van der Waals surface area contributed by atoms with Gasteiger partial charge in [-0.3, -0.25) is 4.57 Å². The molecule has 0 unspecified atom stereocenters. The van der Waals surface area contributed by atoms with Crippen LogP contribution in [-0.4, -0.2) is 9.55 Å². The second-order valence-electron chi connectivity index (χ2n) is 6.90. The number of nitrogens with zero attached hydrogens (tertiary/aromatic N) is 2. The average Bonchev–Trinajstić information content (AvgIpc) is 3.36. The van der Waals surface area contributed by atoms with Crippen molar-refractivity contribution in [3.05, 3.63) is 97.3 Å². The first-order valence-electron chi connectivity index (χ1n) is 9.32. The number of pyridine rings is 1. The molecule has 0 aliphatic heterocycles. The van der Waals surface area contributed by atoms with Gasteiger partial charge in [0.15, 0.2) is 0 Å². The monoisotopic (exact) mass is 360 g/mol. The van der Waals surface area contributed by atoms with Crippen LogP contribution in [0.5, 0.6) is 0 Å². The van der Waals surface area contributed by atoms with Gasteiger partial charge >= 0.3 is 0 Å². The molecule has 3 aromatic carbocycles. The summed E-state index contributed by atoms with van der Waals surface area (Å²) in [5, 5.41) is 3.41. The summed E-state index contributed by atoms with van der Waals surface area (Å²) in [6.45, 7) is 0. The third kappa shape index (κ3) is 2.13. The lowest BCUT2D eigenvalue weighted by Crippen LogP contribution is -1.98. The minimum absolute atomic E-state index is 0.901. The molecule has 6 aromatic rings. The van der Waals surface area contributed by atoms with Crippen LogP contribution < -0.4 is 0 Å². The Hall–Kier alpha value is -3.85. The summed E-state index contributed by atoms with van der Waals surface area (Å²) in [7, 11) is 0. The van der Waals surface area contributed by atoms with Gasteiger partial charge in [0.25, 0.3) is 0 Å². The number of fused-ring (bicyclic) bond motifs is 5. The molecule has 0 N–H and O–H groups in total. The molecule has 0 aliphatic carbocycles. The lowest BCUT2D eigenvalue weighted by atomic mass is 10.1. The summed E-state index contributed by atoms with van der Waals surface area (Å²) in [5.74, 6) is 0.901. The summed E-state index contributed by atoms with van der Waals surface area (Å²) in [6.07, 6.45) is 1.75. The van der Waals surface area contributed by atoms with Crippen LogP contribution in [0.3, 0.4) is 0 Å². The van der Waals surface area contributed by atoms with Crippen LogP contribution in [-0.2, 0) is 0 Å². The van der Waals surface area contributed by atoms with Crippen molar-refractivity contribution in [3.63, 3.8) is 0 Å². The molecule has 0 atom stereocenters. The summed E-state index contributed by atoms with van der Waals surface area (Å²) >= 11 is 0. The standard InChI is InChI=1S/C25H16N2O/c1-2-7-17(8-3-1)20-10-6-12-23(26-20)27-21-11-5-4-9-19(21)24-22(27)14-13-18-15-16-28-25(18)24/h1-16H. The molecule has 3 heterocycles. The van der Waals surface area contributed by atoms with Crippen molar-refractivity contribution in [3.8, 4) is 17.1 Å². The van der Waals surface area contributed by atoms with Gasteiger partial charge in [-0.1, -0.05) is 54.6 Å². The van der Waals surface area contributed by atoms with Gasteiger partial charge in [0.2, 0.25) is 0 Å². The van der Waals surface area contributed by atoms with E-state index >= 15 is 0 Å². The summed E-state index contributed by atoms with van der Waals surface area (Å²) < 4.78 is 8.07. The molecule has 6 rings (SSSR count). The summed E-state index contributed by atoms with van der Waals surface area (Å²) in [4.78, 5) is 4.99. The molecular formula is C25H16N2O.